The summed E-state index contributed by atoms with van der Waals surface area (Å²) in [5.41, 5.74) is 5.20. The van der Waals surface area contributed by atoms with E-state index in [1.54, 1.807) is 6.20 Å². The zero-order valence-corrected chi connectivity index (χ0v) is 24.4. The quantitative estimate of drug-likeness (QED) is 0.298. The molecule has 0 radical (unpaired) electrons. The first-order valence-corrected chi connectivity index (χ1v) is 15.1. The van der Waals surface area contributed by atoms with Crippen LogP contribution in [0.1, 0.15) is 55.5 Å². The summed E-state index contributed by atoms with van der Waals surface area (Å²) in [6.45, 7) is 5.61. The molecule has 0 unspecified atom stereocenters. The van der Waals surface area contributed by atoms with Crippen LogP contribution >= 0.6 is 0 Å². The Labute approximate surface area is 241 Å². The molecule has 0 saturated heterocycles. The van der Waals surface area contributed by atoms with Crippen LogP contribution in [-0.4, -0.2) is 69.7 Å². The zero-order valence-electron chi connectivity index (χ0n) is 24.4. The number of rotatable bonds is 10. The lowest BCUT2D eigenvalue weighted by Crippen LogP contribution is -2.39. The van der Waals surface area contributed by atoms with Gasteiger partial charge in [-0.2, -0.15) is 9.97 Å². The van der Waals surface area contributed by atoms with Crippen LogP contribution in [-0.2, 0) is 19.4 Å². The molecule has 41 heavy (non-hydrogen) atoms. The summed E-state index contributed by atoms with van der Waals surface area (Å²) in [6.07, 6.45) is 10.0. The van der Waals surface area contributed by atoms with E-state index in [-0.39, 0.29) is 5.41 Å². The van der Waals surface area contributed by atoms with Crippen molar-refractivity contribution in [3.63, 3.8) is 0 Å². The molecule has 3 aliphatic rings. The molecule has 2 aliphatic carbocycles. The summed E-state index contributed by atoms with van der Waals surface area (Å²) in [5.74, 6) is 0.941. The first kappa shape index (κ1) is 26.2. The molecule has 0 bridgehead atoms. The van der Waals surface area contributed by atoms with E-state index in [0.29, 0.717) is 24.7 Å². The van der Waals surface area contributed by atoms with E-state index in [2.05, 4.69) is 82.8 Å². The Balaban J connectivity index is 1.16. The van der Waals surface area contributed by atoms with Gasteiger partial charge < -0.3 is 19.9 Å². The SMILES string of the molecule is CCc1cccc2cccc(N3CCc4c(nc(OCC5(CN(C)C)CC5)nc4NC4CC(n5ccnn5)C4)C3)c12. The van der Waals surface area contributed by atoms with Crippen molar-refractivity contribution in [2.24, 2.45) is 5.41 Å². The van der Waals surface area contributed by atoms with Gasteiger partial charge in [0.05, 0.1) is 31.1 Å². The molecule has 2 fully saturated rings. The molecule has 214 valence electrons. The number of hydrogen-bond acceptors (Lipinski definition) is 8. The fourth-order valence-electron chi connectivity index (χ4n) is 6.69. The molecule has 7 rings (SSSR count). The van der Waals surface area contributed by atoms with Gasteiger partial charge in [-0.1, -0.05) is 42.5 Å². The number of nitrogens with one attached hydrogen (secondary N) is 1. The second-order valence-corrected chi connectivity index (χ2v) is 12.5. The van der Waals surface area contributed by atoms with Crippen LogP contribution in [0.5, 0.6) is 6.01 Å². The molecule has 4 aromatic rings. The molecule has 0 amide bonds. The maximum absolute atomic E-state index is 6.37. The number of anilines is 2. The third-order valence-electron chi connectivity index (χ3n) is 9.12. The van der Waals surface area contributed by atoms with Crippen molar-refractivity contribution in [2.75, 3.05) is 44.0 Å². The minimum absolute atomic E-state index is 0.223. The predicted octanol–water partition coefficient (Wildman–Crippen LogP) is 4.88. The van der Waals surface area contributed by atoms with Gasteiger partial charge in [-0.25, -0.2) is 4.68 Å². The average Bonchev–Trinajstić information content (AvgIpc) is 3.49. The maximum atomic E-state index is 6.37. The number of aryl methyl sites for hydroxylation is 1. The van der Waals surface area contributed by atoms with E-state index in [0.717, 1.165) is 56.8 Å². The largest absolute Gasteiger partial charge is 0.463 e. The lowest BCUT2D eigenvalue weighted by molar-refractivity contribution is 0.182. The lowest BCUT2D eigenvalue weighted by Gasteiger charge is -2.37. The molecule has 1 N–H and O–H groups in total. The summed E-state index contributed by atoms with van der Waals surface area (Å²) in [6, 6.07) is 14.5. The Bertz CT molecular complexity index is 1520. The fraction of sp³-hybridized carbons (Fsp3) is 0.500. The Morgan fingerprint density at radius 1 is 1.10 bits per heavy atom. The molecular weight excluding hydrogens is 512 g/mol. The smallest absolute Gasteiger partial charge is 0.318 e. The van der Waals surface area contributed by atoms with Gasteiger partial charge in [-0.15, -0.1) is 5.10 Å². The van der Waals surface area contributed by atoms with Crippen LogP contribution in [0.25, 0.3) is 10.8 Å². The minimum atomic E-state index is 0.223. The van der Waals surface area contributed by atoms with Crippen LogP contribution in [0, 0.1) is 5.41 Å². The molecule has 2 saturated carbocycles. The number of fused-ring (bicyclic) bond motifs is 2. The molecule has 3 heterocycles. The summed E-state index contributed by atoms with van der Waals surface area (Å²) in [7, 11) is 4.27. The van der Waals surface area contributed by atoms with Gasteiger partial charge >= 0.3 is 6.01 Å². The molecule has 0 atom stereocenters. The minimum Gasteiger partial charge on any atom is -0.463 e. The van der Waals surface area contributed by atoms with Crippen molar-refractivity contribution in [1.82, 2.24) is 29.9 Å². The summed E-state index contributed by atoms with van der Waals surface area (Å²) in [4.78, 5) is 14.8. The molecule has 2 aromatic carbocycles. The monoisotopic (exact) mass is 552 g/mol. The van der Waals surface area contributed by atoms with E-state index in [1.807, 2.05) is 10.9 Å². The van der Waals surface area contributed by atoms with Crippen molar-refractivity contribution in [1.29, 1.82) is 0 Å². The number of nitrogens with zero attached hydrogens (tertiary/aromatic N) is 7. The third-order valence-corrected chi connectivity index (χ3v) is 9.12. The van der Waals surface area contributed by atoms with Gasteiger partial charge in [0, 0.05) is 47.4 Å². The average molecular weight is 553 g/mol. The first-order valence-electron chi connectivity index (χ1n) is 15.1. The lowest BCUT2D eigenvalue weighted by atomic mass is 9.86. The number of benzene rings is 2. The second kappa shape index (κ2) is 10.6. The van der Waals surface area contributed by atoms with Crippen LogP contribution < -0.4 is 15.0 Å². The van der Waals surface area contributed by atoms with Gasteiger partial charge in [0.25, 0.3) is 0 Å². The first-order chi connectivity index (χ1) is 20.0. The standard InChI is InChI=1S/C32H40N8O/c1-4-22-7-5-8-23-9-6-10-28(29(22)23)39-15-11-26-27(19-39)35-31(41-21-32(12-13-32)20-38(2)3)36-30(26)34-24-17-25(18-24)40-16-14-33-37-40/h5-10,14,16,24-25H,4,11-13,15,17-21H2,1-3H3,(H,34,35,36). The highest BCUT2D eigenvalue weighted by molar-refractivity contribution is 5.97. The van der Waals surface area contributed by atoms with Gasteiger partial charge in [0.2, 0.25) is 0 Å². The second-order valence-electron chi connectivity index (χ2n) is 12.5. The van der Waals surface area contributed by atoms with Crippen molar-refractivity contribution in [2.45, 2.75) is 64.1 Å². The Kier molecular flexibility index (Phi) is 6.77. The molecule has 9 heteroatoms. The summed E-state index contributed by atoms with van der Waals surface area (Å²) in [5, 5.41) is 14.6. The number of hydrogen-bond donors (Lipinski definition) is 1. The van der Waals surface area contributed by atoms with Gasteiger partial charge in [0.1, 0.15) is 5.82 Å². The van der Waals surface area contributed by atoms with Crippen LogP contribution in [0.2, 0.25) is 0 Å². The van der Waals surface area contributed by atoms with Crippen molar-refractivity contribution < 1.29 is 4.74 Å². The molecule has 1 aliphatic heterocycles. The topological polar surface area (TPSA) is 84.2 Å². The van der Waals surface area contributed by atoms with Gasteiger partial charge in [0.15, 0.2) is 0 Å². The fourth-order valence-corrected chi connectivity index (χ4v) is 6.69. The maximum Gasteiger partial charge on any atom is 0.318 e. The Hall–Kier alpha value is -3.72. The molecule has 2 aromatic heterocycles. The summed E-state index contributed by atoms with van der Waals surface area (Å²) < 4.78 is 8.34. The van der Waals surface area contributed by atoms with E-state index in [4.69, 9.17) is 14.7 Å². The summed E-state index contributed by atoms with van der Waals surface area (Å²) >= 11 is 0. The highest BCUT2D eigenvalue weighted by atomic mass is 16.5. The van der Waals surface area contributed by atoms with Crippen LogP contribution in [0.4, 0.5) is 11.5 Å². The van der Waals surface area contributed by atoms with Crippen LogP contribution in [0.3, 0.4) is 0 Å². The third kappa shape index (κ3) is 5.23. The van der Waals surface area contributed by atoms with Gasteiger partial charge in [-0.3, -0.25) is 0 Å². The Morgan fingerprint density at radius 3 is 2.66 bits per heavy atom. The van der Waals surface area contributed by atoms with E-state index >= 15 is 0 Å². The van der Waals surface area contributed by atoms with E-state index in [1.165, 1.54) is 40.4 Å². The van der Waals surface area contributed by atoms with E-state index in [9.17, 15) is 0 Å². The predicted molar refractivity (Wildman–Crippen MR) is 162 cm³/mol. The highest BCUT2D eigenvalue weighted by Gasteiger charge is 2.44. The van der Waals surface area contributed by atoms with Crippen molar-refractivity contribution in [3.05, 3.63) is 65.6 Å². The Morgan fingerprint density at radius 2 is 1.93 bits per heavy atom. The van der Waals surface area contributed by atoms with Crippen molar-refractivity contribution in [3.8, 4) is 6.01 Å². The van der Waals surface area contributed by atoms with E-state index < -0.39 is 0 Å². The molecule has 0 spiro atoms. The highest BCUT2D eigenvalue weighted by Crippen LogP contribution is 2.46. The van der Waals surface area contributed by atoms with Crippen molar-refractivity contribution >= 4 is 22.3 Å². The van der Waals surface area contributed by atoms with Gasteiger partial charge in [-0.05, 0) is 69.6 Å². The number of ether oxygens (including phenoxy) is 1. The molecule has 9 nitrogen and oxygen atoms in total. The van der Waals surface area contributed by atoms with Crippen LogP contribution in [0.15, 0.2) is 48.8 Å². The normalized spacial score (nSPS) is 21.0. The number of aromatic nitrogens is 5. The zero-order chi connectivity index (χ0) is 28.0. The molecular formula is C32H40N8O.